The van der Waals surface area contributed by atoms with E-state index in [4.69, 9.17) is 4.42 Å². The molecule has 0 aliphatic carbocycles. The molecular formula is C17H11F2N9OS. The maximum absolute atomic E-state index is 13.1. The predicted octanol–water partition coefficient (Wildman–Crippen LogP) is 2.90. The maximum Gasteiger partial charge on any atom is 0.299 e. The normalized spacial score (nSPS) is 11.6. The third kappa shape index (κ3) is 3.39. The van der Waals surface area contributed by atoms with Gasteiger partial charge in [-0.05, 0) is 36.0 Å². The largest absolute Gasteiger partial charge is 0.467 e. The maximum atomic E-state index is 13.1. The summed E-state index contributed by atoms with van der Waals surface area (Å²) in [6.07, 6.45) is 3.47. The summed E-state index contributed by atoms with van der Waals surface area (Å²) in [7, 11) is 0. The Morgan fingerprint density at radius 2 is 2.00 bits per heavy atom. The molecule has 0 atom stereocenters. The lowest BCUT2D eigenvalue weighted by atomic mass is 10.4. The Labute approximate surface area is 171 Å². The van der Waals surface area contributed by atoms with Gasteiger partial charge in [-0.25, -0.2) is 13.8 Å². The van der Waals surface area contributed by atoms with Crippen molar-refractivity contribution in [3.63, 3.8) is 0 Å². The fourth-order valence-electron chi connectivity index (χ4n) is 2.74. The standard InChI is InChI=1S/C17H11F2N9OS/c18-14(19)16-24-22-12-3-4-13(26-28(12)16)30-17-25-23-15(11-8-20-5-6-21-11)27(17)9-10-2-1-7-29-10/h1-8,14H,9H2. The van der Waals surface area contributed by atoms with Crippen molar-refractivity contribution in [2.75, 3.05) is 0 Å². The number of aromatic nitrogens is 9. The van der Waals surface area contributed by atoms with Crippen molar-refractivity contribution in [3.8, 4) is 11.5 Å². The molecule has 5 rings (SSSR count). The third-order valence-corrected chi connectivity index (χ3v) is 4.97. The molecule has 0 saturated carbocycles. The zero-order valence-electron chi connectivity index (χ0n) is 15.0. The second-order valence-corrected chi connectivity index (χ2v) is 6.95. The molecule has 0 amide bonds. The van der Waals surface area contributed by atoms with E-state index >= 15 is 0 Å². The average molecular weight is 427 g/mol. The molecule has 0 saturated heterocycles. The van der Waals surface area contributed by atoms with Gasteiger partial charge in [0.1, 0.15) is 16.5 Å². The molecule has 150 valence electrons. The van der Waals surface area contributed by atoms with E-state index in [0.29, 0.717) is 34.0 Å². The minimum absolute atomic E-state index is 0.229. The summed E-state index contributed by atoms with van der Waals surface area (Å²) >= 11 is 1.16. The van der Waals surface area contributed by atoms with Gasteiger partial charge < -0.3 is 4.42 Å². The first-order valence-corrected chi connectivity index (χ1v) is 9.41. The first kappa shape index (κ1) is 18.3. The molecule has 0 bridgehead atoms. The third-order valence-electron chi connectivity index (χ3n) is 4.06. The number of rotatable bonds is 6. The molecule has 0 aliphatic rings. The lowest BCUT2D eigenvalue weighted by Crippen LogP contribution is -2.05. The van der Waals surface area contributed by atoms with Crippen LogP contribution in [0, 0.1) is 0 Å². The predicted molar refractivity (Wildman–Crippen MR) is 98.7 cm³/mol. The number of hydrogen-bond acceptors (Lipinski definition) is 9. The number of fused-ring (bicyclic) bond motifs is 1. The summed E-state index contributed by atoms with van der Waals surface area (Å²) in [6.45, 7) is 0.339. The molecule has 10 nitrogen and oxygen atoms in total. The van der Waals surface area contributed by atoms with E-state index < -0.39 is 12.2 Å². The highest BCUT2D eigenvalue weighted by molar-refractivity contribution is 7.99. The summed E-state index contributed by atoms with van der Waals surface area (Å²) in [4.78, 5) is 8.35. The van der Waals surface area contributed by atoms with Gasteiger partial charge in [0.2, 0.25) is 5.82 Å². The molecule has 0 fully saturated rings. The van der Waals surface area contributed by atoms with E-state index in [-0.39, 0.29) is 5.65 Å². The van der Waals surface area contributed by atoms with E-state index in [1.165, 1.54) is 0 Å². The molecule has 0 aromatic carbocycles. The second-order valence-electron chi connectivity index (χ2n) is 5.96. The van der Waals surface area contributed by atoms with Crippen LogP contribution in [0.3, 0.4) is 0 Å². The fourth-order valence-corrected chi connectivity index (χ4v) is 3.53. The highest BCUT2D eigenvalue weighted by atomic mass is 32.2. The topological polar surface area (TPSA) is 113 Å². The molecule has 0 aliphatic heterocycles. The van der Waals surface area contributed by atoms with Gasteiger partial charge in [0, 0.05) is 12.4 Å². The minimum atomic E-state index is -2.79. The number of hydrogen-bond donors (Lipinski definition) is 0. The Morgan fingerprint density at radius 1 is 1.07 bits per heavy atom. The fraction of sp³-hybridized carbons (Fsp3) is 0.118. The Kier molecular flexibility index (Phi) is 4.63. The highest BCUT2D eigenvalue weighted by Crippen LogP contribution is 2.29. The van der Waals surface area contributed by atoms with E-state index in [9.17, 15) is 8.78 Å². The van der Waals surface area contributed by atoms with Crippen molar-refractivity contribution in [1.29, 1.82) is 0 Å². The molecule has 0 unspecified atom stereocenters. The Morgan fingerprint density at radius 3 is 2.77 bits per heavy atom. The number of nitrogens with zero attached hydrogens (tertiary/aromatic N) is 9. The molecule has 13 heteroatoms. The van der Waals surface area contributed by atoms with Crippen molar-refractivity contribution in [3.05, 3.63) is 60.7 Å². The van der Waals surface area contributed by atoms with E-state index in [0.717, 1.165) is 16.3 Å². The summed E-state index contributed by atoms with van der Waals surface area (Å²) in [5.41, 5.74) is 0.762. The molecule has 5 aromatic heterocycles. The van der Waals surface area contributed by atoms with Crippen molar-refractivity contribution >= 4 is 17.4 Å². The molecule has 0 spiro atoms. The van der Waals surface area contributed by atoms with E-state index in [2.05, 4.69) is 35.5 Å². The molecule has 30 heavy (non-hydrogen) atoms. The molecule has 0 radical (unpaired) electrons. The molecular weight excluding hydrogens is 416 g/mol. The Bertz CT molecular complexity index is 1290. The van der Waals surface area contributed by atoms with Gasteiger partial charge >= 0.3 is 0 Å². The lowest BCUT2D eigenvalue weighted by Gasteiger charge is -2.08. The molecule has 0 N–H and O–H groups in total. The van der Waals surface area contributed by atoms with Crippen LogP contribution in [-0.2, 0) is 6.54 Å². The summed E-state index contributed by atoms with van der Waals surface area (Å²) in [6, 6.07) is 6.82. The number of furan rings is 1. The smallest absolute Gasteiger partial charge is 0.299 e. The second kappa shape index (κ2) is 7.59. The quantitative estimate of drug-likeness (QED) is 0.404. The van der Waals surface area contributed by atoms with Gasteiger partial charge in [0.15, 0.2) is 16.6 Å². The van der Waals surface area contributed by atoms with Crippen molar-refractivity contribution in [1.82, 2.24) is 44.5 Å². The molecule has 5 aromatic rings. The summed E-state index contributed by atoms with van der Waals surface area (Å²) in [5, 5.41) is 20.8. The molecule has 5 heterocycles. The van der Waals surface area contributed by atoms with Gasteiger partial charge in [-0.1, -0.05) is 0 Å². The first-order valence-electron chi connectivity index (χ1n) is 8.59. The van der Waals surface area contributed by atoms with Crippen LogP contribution in [0.5, 0.6) is 0 Å². The van der Waals surface area contributed by atoms with Gasteiger partial charge in [-0.2, -0.15) is 9.61 Å². The summed E-state index contributed by atoms with van der Waals surface area (Å²) in [5.74, 6) is 0.648. The van der Waals surface area contributed by atoms with Crippen molar-refractivity contribution in [2.24, 2.45) is 0 Å². The number of alkyl halides is 2. The van der Waals surface area contributed by atoms with Crippen LogP contribution >= 0.6 is 11.8 Å². The van der Waals surface area contributed by atoms with Gasteiger partial charge in [0.25, 0.3) is 6.43 Å². The average Bonchev–Trinajstić information content (AvgIpc) is 3.50. The van der Waals surface area contributed by atoms with Gasteiger partial charge in [-0.15, -0.1) is 20.4 Å². The SMILES string of the molecule is FC(F)c1nnc2ccc(Sc3nnc(-c4cnccn4)n3Cc3ccco3)nn12. The summed E-state index contributed by atoms with van der Waals surface area (Å²) < 4.78 is 34.5. The van der Waals surface area contributed by atoms with E-state index in [1.807, 2.05) is 6.07 Å². The van der Waals surface area contributed by atoms with Crippen LogP contribution < -0.4 is 0 Å². The zero-order valence-corrected chi connectivity index (χ0v) is 15.8. The van der Waals surface area contributed by atoms with Crippen LogP contribution in [-0.4, -0.2) is 44.5 Å². The minimum Gasteiger partial charge on any atom is -0.467 e. The van der Waals surface area contributed by atoms with Crippen LogP contribution in [0.2, 0.25) is 0 Å². The zero-order chi connectivity index (χ0) is 20.5. The highest BCUT2D eigenvalue weighted by Gasteiger charge is 2.20. The van der Waals surface area contributed by atoms with Crippen LogP contribution in [0.25, 0.3) is 17.2 Å². The van der Waals surface area contributed by atoms with Gasteiger partial charge in [-0.3, -0.25) is 9.55 Å². The number of halogens is 2. The van der Waals surface area contributed by atoms with Crippen molar-refractivity contribution < 1.29 is 13.2 Å². The Hall–Kier alpha value is -3.74. The van der Waals surface area contributed by atoms with Crippen LogP contribution in [0.15, 0.2) is 63.7 Å². The van der Waals surface area contributed by atoms with Crippen molar-refractivity contribution in [2.45, 2.75) is 23.2 Å². The van der Waals surface area contributed by atoms with Crippen LogP contribution in [0.1, 0.15) is 18.0 Å². The Balaban J connectivity index is 1.55. The van der Waals surface area contributed by atoms with Gasteiger partial charge in [0.05, 0.1) is 19.0 Å². The monoisotopic (exact) mass is 427 g/mol. The van der Waals surface area contributed by atoms with E-state index in [1.54, 1.807) is 47.6 Å². The lowest BCUT2D eigenvalue weighted by molar-refractivity contribution is 0.137. The first-order chi connectivity index (χ1) is 14.7. The van der Waals surface area contributed by atoms with Crippen LogP contribution in [0.4, 0.5) is 8.78 Å².